The molecule has 198 valence electrons. The number of aliphatic hydroxyl groups is 2. The van der Waals surface area contributed by atoms with E-state index in [0.29, 0.717) is 45.0 Å². The van der Waals surface area contributed by atoms with Crippen molar-refractivity contribution in [2.75, 3.05) is 54.1 Å². The van der Waals surface area contributed by atoms with Gasteiger partial charge in [0.1, 0.15) is 0 Å². The lowest BCUT2D eigenvalue weighted by atomic mass is 10.1. The summed E-state index contributed by atoms with van der Waals surface area (Å²) in [7, 11) is 5.76. The Morgan fingerprint density at radius 3 is 2.50 bits per heavy atom. The van der Waals surface area contributed by atoms with Crippen molar-refractivity contribution in [3.63, 3.8) is 0 Å². The van der Waals surface area contributed by atoms with Crippen molar-refractivity contribution < 1.29 is 19.7 Å². The molecular weight excluding hydrogens is 454 g/mol. The molecular formula is C29H43N3O4. The highest BCUT2D eigenvalue weighted by Gasteiger charge is 2.17. The van der Waals surface area contributed by atoms with E-state index in [0.717, 1.165) is 29.8 Å². The summed E-state index contributed by atoms with van der Waals surface area (Å²) in [5.41, 5.74) is 4.67. The normalized spacial score (nSPS) is 12.6. The molecule has 2 N–H and O–H groups in total. The van der Waals surface area contributed by atoms with Crippen LogP contribution in [0.2, 0.25) is 0 Å². The Bertz CT molecular complexity index is 1100. The molecule has 7 nitrogen and oxygen atoms in total. The highest BCUT2D eigenvalue weighted by atomic mass is 16.5. The minimum absolute atomic E-state index is 0.121. The van der Waals surface area contributed by atoms with Gasteiger partial charge in [-0.05, 0) is 70.1 Å². The van der Waals surface area contributed by atoms with Gasteiger partial charge in [-0.1, -0.05) is 24.3 Å². The number of hydrogen-bond donors (Lipinski definition) is 2. The third-order valence-corrected chi connectivity index (χ3v) is 6.68. The Morgan fingerprint density at radius 1 is 1.00 bits per heavy atom. The molecule has 0 saturated carbocycles. The molecule has 0 fully saturated rings. The second-order valence-corrected chi connectivity index (χ2v) is 9.79. The number of fused-ring (bicyclic) bond motifs is 1. The van der Waals surface area contributed by atoms with Crippen LogP contribution < -0.4 is 9.47 Å². The topological polar surface area (TPSA) is 70.3 Å². The fraction of sp³-hybridized carbons (Fsp3) is 0.517. The quantitative estimate of drug-likeness (QED) is 0.311. The van der Waals surface area contributed by atoms with Crippen molar-refractivity contribution in [1.29, 1.82) is 0 Å². The summed E-state index contributed by atoms with van der Waals surface area (Å²) in [4.78, 5) is 4.33. The molecule has 0 aliphatic carbocycles. The Kier molecular flexibility index (Phi) is 10.6. The zero-order valence-electron chi connectivity index (χ0n) is 22.5. The third kappa shape index (κ3) is 7.46. The van der Waals surface area contributed by atoms with Gasteiger partial charge in [0.05, 0.1) is 26.4 Å². The van der Waals surface area contributed by atoms with Gasteiger partial charge >= 0.3 is 0 Å². The van der Waals surface area contributed by atoms with E-state index >= 15 is 0 Å². The van der Waals surface area contributed by atoms with Crippen LogP contribution in [0.5, 0.6) is 11.5 Å². The Labute approximate surface area is 215 Å². The molecule has 1 aromatic heterocycles. The van der Waals surface area contributed by atoms with Crippen molar-refractivity contribution in [3.8, 4) is 11.5 Å². The Hall–Kier alpha value is -2.58. The van der Waals surface area contributed by atoms with Gasteiger partial charge in [-0.3, -0.25) is 4.90 Å². The van der Waals surface area contributed by atoms with Gasteiger partial charge in [-0.25, -0.2) is 0 Å². The van der Waals surface area contributed by atoms with Crippen LogP contribution >= 0.6 is 0 Å². The second-order valence-electron chi connectivity index (χ2n) is 9.79. The van der Waals surface area contributed by atoms with Crippen LogP contribution in [0.4, 0.5) is 0 Å². The fourth-order valence-electron chi connectivity index (χ4n) is 4.69. The summed E-state index contributed by atoms with van der Waals surface area (Å²) >= 11 is 0. The van der Waals surface area contributed by atoms with Crippen LogP contribution in [0.15, 0.2) is 42.5 Å². The van der Waals surface area contributed by atoms with Gasteiger partial charge in [0.15, 0.2) is 11.5 Å². The number of rotatable bonds is 15. The SMILES string of the molecule is COc1cc(CN(CCCO)C[C@H](O)Cn2c(C)c(C)c3ccccc32)ccc1OCCCN(C)C. The molecule has 1 atom stereocenters. The van der Waals surface area contributed by atoms with Gasteiger partial charge in [-0.15, -0.1) is 0 Å². The van der Waals surface area contributed by atoms with Crippen LogP contribution in [-0.4, -0.2) is 84.7 Å². The van der Waals surface area contributed by atoms with Gasteiger partial charge in [-0.2, -0.15) is 0 Å². The molecule has 2 aromatic carbocycles. The zero-order chi connectivity index (χ0) is 26.1. The van der Waals surface area contributed by atoms with Crippen molar-refractivity contribution in [2.45, 2.75) is 45.9 Å². The maximum atomic E-state index is 11.1. The van der Waals surface area contributed by atoms with Crippen LogP contribution in [0, 0.1) is 13.8 Å². The number of methoxy groups -OCH3 is 1. The molecule has 3 rings (SSSR count). The maximum absolute atomic E-state index is 11.1. The Balaban J connectivity index is 1.67. The molecule has 0 unspecified atom stereocenters. The minimum Gasteiger partial charge on any atom is -0.493 e. The minimum atomic E-state index is -0.543. The molecule has 36 heavy (non-hydrogen) atoms. The van der Waals surface area contributed by atoms with Crippen molar-refractivity contribution in [3.05, 3.63) is 59.3 Å². The summed E-state index contributed by atoms with van der Waals surface area (Å²) < 4.78 is 13.8. The summed E-state index contributed by atoms with van der Waals surface area (Å²) in [6.07, 6.45) is 1.06. The highest BCUT2D eigenvalue weighted by Crippen LogP contribution is 2.29. The van der Waals surface area contributed by atoms with E-state index in [4.69, 9.17) is 9.47 Å². The van der Waals surface area contributed by atoms with Crippen LogP contribution in [0.1, 0.15) is 29.7 Å². The lowest BCUT2D eigenvalue weighted by Gasteiger charge is -2.26. The standard InChI is InChI=1S/C29H43N3O4/c1-22-23(2)32(27-11-7-6-10-26(22)27)21-25(34)20-31(15-8-16-33)19-24-12-13-28(29(18-24)35-5)36-17-9-14-30(3)4/h6-7,10-13,18,25,33-34H,8-9,14-17,19-21H2,1-5H3/t25-/m0/s1. The predicted octanol–water partition coefficient (Wildman–Crippen LogP) is 3.84. The number of nitrogens with zero attached hydrogens (tertiary/aromatic N) is 3. The lowest BCUT2D eigenvalue weighted by molar-refractivity contribution is 0.0908. The first-order valence-corrected chi connectivity index (χ1v) is 12.8. The number of aryl methyl sites for hydroxylation is 1. The molecule has 7 heteroatoms. The smallest absolute Gasteiger partial charge is 0.161 e. The van der Waals surface area contributed by atoms with Gasteiger partial charge < -0.3 is 29.2 Å². The highest BCUT2D eigenvalue weighted by molar-refractivity contribution is 5.85. The first-order chi connectivity index (χ1) is 17.3. The molecule has 0 aliphatic heterocycles. The molecule has 0 spiro atoms. The number of aromatic nitrogens is 1. The lowest BCUT2D eigenvalue weighted by Crippen LogP contribution is -2.35. The second kappa shape index (κ2) is 13.7. The van der Waals surface area contributed by atoms with Crippen LogP contribution in [0.25, 0.3) is 10.9 Å². The van der Waals surface area contributed by atoms with E-state index in [1.54, 1.807) is 7.11 Å². The number of aliphatic hydroxyl groups excluding tert-OH is 2. The Morgan fingerprint density at radius 2 is 1.78 bits per heavy atom. The van der Waals surface area contributed by atoms with E-state index in [1.165, 1.54) is 16.6 Å². The maximum Gasteiger partial charge on any atom is 0.161 e. The predicted molar refractivity (Wildman–Crippen MR) is 146 cm³/mol. The van der Waals surface area contributed by atoms with Crippen LogP contribution in [-0.2, 0) is 13.1 Å². The van der Waals surface area contributed by atoms with Gasteiger partial charge in [0.25, 0.3) is 0 Å². The van der Waals surface area contributed by atoms with E-state index < -0.39 is 6.10 Å². The number of para-hydroxylation sites is 1. The zero-order valence-corrected chi connectivity index (χ0v) is 22.5. The van der Waals surface area contributed by atoms with Crippen molar-refractivity contribution in [1.82, 2.24) is 14.4 Å². The van der Waals surface area contributed by atoms with E-state index in [9.17, 15) is 10.2 Å². The van der Waals surface area contributed by atoms with E-state index in [2.05, 4.69) is 66.6 Å². The molecule has 1 heterocycles. The molecule has 3 aromatic rings. The molecule has 0 aliphatic rings. The van der Waals surface area contributed by atoms with Crippen molar-refractivity contribution in [2.24, 2.45) is 0 Å². The first kappa shape index (κ1) is 28.0. The number of ether oxygens (including phenoxy) is 2. The summed E-state index contributed by atoms with van der Waals surface area (Å²) in [6, 6.07) is 14.4. The van der Waals surface area contributed by atoms with Crippen molar-refractivity contribution >= 4 is 10.9 Å². The fourth-order valence-corrected chi connectivity index (χ4v) is 4.69. The van der Waals surface area contributed by atoms with Crippen LogP contribution in [0.3, 0.4) is 0 Å². The number of benzene rings is 2. The largest absolute Gasteiger partial charge is 0.493 e. The molecule has 0 bridgehead atoms. The molecule has 0 amide bonds. The van der Waals surface area contributed by atoms with Gasteiger partial charge in [0, 0.05) is 49.4 Å². The average Bonchev–Trinajstić information content (AvgIpc) is 3.10. The molecule has 0 radical (unpaired) electrons. The number of hydrogen-bond acceptors (Lipinski definition) is 6. The summed E-state index contributed by atoms with van der Waals surface area (Å²) in [6.45, 7) is 8.36. The van der Waals surface area contributed by atoms with E-state index in [-0.39, 0.29) is 6.61 Å². The van der Waals surface area contributed by atoms with Gasteiger partial charge in [0.2, 0.25) is 0 Å². The van der Waals surface area contributed by atoms with E-state index in [1.807, 2.05) is 18.2 Å². The summed E-state index contributed by atoms with van der Waals surface area (Å²) in [5, 5.41) is 21.7. The first-order valence-electron chi connectivity index (χ1n) is 12.8. The average molecular weight is 498 g/mol. The molecule has 0 saturated heterocycles. The summed E-state index contributed by atoms with van der Waals surface area (Å²) in [5.74, 6) is 1.46. The monoisotopic (exact) mass is 497 g/mol. The third-order valence-electron chi connectivity index (χ3n) is 6.68.